The first-order chi connectivity index (χ1) is 7.84. The van der Waals surface area contributed by atoms with Crippen LogP contribution in [-0.4, -0.2) is 23.8 Å². The summed E-state index contributed by atoms with van der Waals surface area (Å²) in [6.45, 7) is 6.40. The zero-order chi connectivity index (χ0) is 13.1. The van der Waals surface area contributed by atoms with Crippen molar-refractivity contribution >= 4 is 5.97 Å². The molecule has 0 amide bonds. The van der Waals surface area contributed by atoms with E-state index in [9.17, 15) is 9.90 Å². The zero-order valence-corrected chi connectivity index (χ0v) is 11.6. The first-order valence-corrected chi connectivity index (χ1v) is 6.65. The molecule has 1 aliphatic carbocycles. The fourth-order valence-electron chi connectivity index (χ4n) is 3.01. The number of carbonyl (C=O) groups is 1. The van der Waals surface area contributed by atoms with E-state index in [2.05, 4.69) is 20.8 Å². The Morgan fingerprint density at radius 3 is 2.47 bits per heavy atom. The molecule has 1 saturated carbocycles. The third-order valence-corrected chi connectivity index (χ3v) is 4.00. The molecule has 0 aliphatic heterocycles. The van der Waals surface area contributed by atoms with E-state index in [0.29, 0.717) is 12.8 Å². The topological polar surface area (TPSA) is 46.5 Å². The predicted octanol–water partition coefficient (Wildman–Crippen LogP) is 2.91. The molecule has 1 aliphatic rings. The van der Waals surface area contributed by atoms with E-state index in [1.165, 1.54) is 7.11 Å². The van der Waals surface area contributed by atoms with Crippen LogP contribution in [0.4, 0.5) is 0 Å². The number of hydrogen-bond donors (Lipinski definition) is 1. The van der Waals surface area contributed by atoms with E-state index >= 15 is 0 Å². The third-order valence-electron chi connectivity index (χ3n) is 4.00. The van der Waals surface area contributed by atoms with Gasteiger partial charge in [0.15, 0.2) is 0 Å². The Kier molecular flexibility index (Phi) is 4.59. The smallest absolute Gasteiger partial charge is 0.311 e. The molecule has 0 spiro atoms. The van der Waals surface area contributed by atoms with Crippen molar-refractivity contribution in [1.82, 2.24) is 0 Å². The normalized spacial score (nSPS) is 29.0. The highest BCUT2D eigenvalue weighted by Gasteiger charge is 2.49. The molecule has 100 valence electrons. The van der Waals surface area contributed by atoms with Crippen molar-refractivity contribution in [3.8, 4) is 0 Å². The van der Waals surface area contributed by atoms with Gasteiger partial charge in [-0.2, -0.15) is 0 Å². The van der Waals surface area contributed by atoms with Gasteiger partial charge in [0.25, 0.3) is 0 Å². The molecule has 1 fully saturated rings. The maximum atomic E-state index is 11.8. The van der Waals surface area contributed by atoms with Gasteiger partial charge in [-0.25, -0.2) is 0 Å². The summed E-state index contributed by atoms with van der Waals surface area (Å²) < 4.78 is 4.86. The molecule has 0 aromatic rings. The van der Waals surface area contributed by atoms with E-state index in [-0.39, 0.29) is 17.3 Å². The van der Waals surface area contributed by atoms with Gasteiger partial charge < -0.3 is 9.84 Å². The minimum Gasteiger partial charge on any atom is -0.469 e. The lowest BCUT2D eigenvalue weighted by Gasteiger charge is -2.32. The van der Waals surface area contributed by atoms with Crippen LogP contribution in [0.3, 0.4) is 0 Å². The Morgan fingerprint density at radius 2 is 2.06 bits per heavy atom. The lowest BCUT2D eigenvalue weighted by molar-refractivity contribution is -0.156. The van der Waals surface area contributed by atoms with Crippen molar-refractivity contribution in [3.05, 3.63) is 0 Å². The number of aliphatic hydroxyl groups is 1. The van der Waals surface area contributed by atoms with Crippen molar-refractivity contribution in [2.45, 2.75) is 64.9 Å². The maximum Gasteiger partial charge on any atom is 0.311 e. The Bertz CT molecular complexity index is 273. The number of unbranched alkanes of at least 4 members (excludes halogenated alkanes) is 1. The molecular weight excluding hydrogens is 216 g/mol. The number of carbonyl (C=O) groups excluding carboxylic acids is 1. The molecule has 0 bridgehead atoms. The molecule has 3 heteroatoms. The summed E-state index contributed by atoms with van der Waals surface area (Å²) in [6, 6.07) is 0. The van der Waals surface area contributed by atoms with Gasteiger partial charge in [0.1, 0.15) is 0 Å². The van der Waals surface area contributed by atoms with Gasteiger partial charge in [0.2, 0.25) is 0 Å². The van der Waals surface area contributed by atoms with Crippen molar-refractivity contribution < 1.29 is 14.6 Å². The molecule has 1 rings (SSSR count). The van der Waals surface area contributed by atoms with Crippen LogP contribution >= 0.6 is 0 Å². The number of methoxy groups -OCH3 is 1. The SMILES string of the molecule is CCCCC(C(=O)OC)C1(O)CCC(C)(C)C1. The van der Waals surface area contributed by atoms with Gasteiger partial charge in [0, 0.05) is 0 Å². The number of hydrogen-bond acceptors (Lipinski definition) is 3. The van der Waals surface area contributed by atoms with E-state index in [0.717, 1.165) is 25.7 Å². The fourth-order valence-corrected chi connectivity index (χ4v) is 3.01. The molecule has 0 aromatic carbocycles. The molecule has 0 heterocycles. The number of ether oxygens (including phenoxy) is 1. The van der Waals surface area contributed by atoms with Crippen LogP contribution in [0.25, 0.3) is 0 Å². The third kappa shape index (κ3) is 3.44. The largest absolute Gasteiger partial charge is 0.469 e. The van der Waals surface area contributed by atoms with Crippen molar-refractivity contribution in [3.63, 3.8) is 0 Å². The molecule has 2 atom stereocenters. The summed E-state index contributed by atoms with van der Waals surface area (Å²) >= 11 is 0. The van der Waals surface area contributed by atoms with Crippen molar-refractivity contribution in [2.75, 3.05) is 7.11 Å². The lowest BCUT2D eigenvalue weighted by atomic mass is 9.79. The molecule has 2 unspecified atom stereocenters. The quantitative estimate of drug-likeness (QED) is 0.754. The van der Waals surface area contributed by atoms with Crippen LogP contribution in [0.5, 0.6) is 0 Å². The van der Waals surface area contributed by atoms with E-state index in [1.807, 2.05) is 0 Å². The minimum absolute atomic E-state index is 0.132. The predicted molar refractivity (Wildman–Crippen MR) is 67.6 cm³/mol. The van der Waals surface area contributed by atoms with Gasteiger partial charge >= 0.3 is 5.97 Å². The average molecular weight is 242 g/mol. The van der Waals surface area contributed by atoms with Crippen LogP contribution in [0.2, 0.25) is 0 Å². The van der Waals surface area contributed by atoms with Crippen molar-refractivity contribution in [1.29, 1.82) is 0 Å². The molecule has 17 heavy (non-hydrogen) atoms. The molecule has 0 aromatic heterocycles. The summed E-state index contributed by atoms with van der Waals surface area (Å²) in [7, 11) is 1.41. The maximum absolute atomic E-state index is 11.8. The lowest BCUT2D eigenvalue weighted by Crippen LogP contribution is -2.41. The summed E-state index contributed by atoms with van der Waals surface area (Å²) in [5, 5.41) is 10.7. The molecular formula is C14H26O3. The standard InChI is InChI=1S/C14H26O3/c1-5-6-7-11(12(15)17-4)14(16)9-8-13(2,3)10-14/h11,16H,5-10H2,1-4H3. The summed E-state index contributed by atoms with van der Waals surface area (Å²) in [5.74, 6) is -0.604. The van der Waals surface area contributed by atoms with Gasteiger partial charge in [-0.05, 0) is 31.1 Å². The first-order valence-electron chi connectivity index (χ1n) is 6.65. The summed E-state index contributed by atoms with van der Waals surface area (Å²) in [6.07, 6.45) is 5.11. The van der Waals surface area contributed by atoms with Crippen molar-refractivity contribution in [2.24, 2.45) is 11.3 Å². The number of rotatable bonds is 5. The number of esters is 1. The summed E-state index contributed by atoms with van der Waals surface area (Å²) in [4.78, 5) is 11.8. The minimum atomic E-state index is -0.855. The second-order valence-electron chi connectivity index (χ2n) is 6.16. The van der Waals surface area contributed by atoms with Crippen LogP contribution in [0.15, 0.2) is 0 Å². The Labute approximate surface area is 105 Å². The highest BCUT2D eigenvalue weighted by Crippen LogP contribution is 2.48. The highest BCUT2D eigenvalue weighted by atomic mass is 16.5. The Morgan fingerprint density at radius 1 is 1.41 bits per heavy atom. The molecule has 1 N–H and O–H groups in total. The van der Waals surface area contributed by atoms with Gasteiger partial charge in [-0.1, -0.05) is 33.6 Å². The highest BCUT2D eigenvalue weighted by molar-refractivity contribution is 5.73. The molecule has 0 radical (unpaired) electrons. The van der Waals surface area contributed by atoms with Gasteiger partial charge in [-0.15, -0.1) is 0 Å². The van der Waals surface area contributed by atoms with Crippen LogP contribution in [0.1, 0.15) is 59.3 Å². The van der Waals surface area contributed by atoms with E-state index < -0.39 is 5.60 Å². The van der Waals surface area contributed by atoms with Crippen LogP contribution < -0.4 is 0 Å². The first kappa shape index (κ1) is 14.5. The second-order valence-corrected chi connectivity index (χ2v) is 6.16. The van der Waals surface area contributed by atoms with E-state index in [1.54, 1.807) is 0 Å². The molecule has 0 saturated heterocycles. The molecule has 3 nitrogen and oxygen atoms in total. The zero-order valence-electron chi connectivity index (χ0n) is 11.6. The van der Waals surface area contributed by atoms with Crippen LogP contribution in [-0.2, 0) is 9.53 Å². The van der Waals surface area contributed by atoms with Gasteiger partial charge in [0.05, 0.1) is 18.6 Å². The monoisotopic (exact) mass is 242 g/mol. The summed E-state index contributed by atoms with van der Waals surface area (Å²) in [5.41, 5.74) is -0.723. The fraction of sp³-hybridized carbons (Fsp3) is 0.929. The van der Waals surface area contributed by atoms with Crippen LogP contribution in [0, 0.1) is 11.3 Å². The Hall–Kier alpha value is -0.570. The van der Waals surface area contributed by atoms with E-state index in [4.69, 9.17) is 4.74 Å². The Balaban J connectivity index is 2.79. The average Bonchev–Trinajstić information content (AvgIpc) is 2.54. The second kappa shape index (κ2) is 5.38. The van der Waals surface area contributed by atoms with Gasteiger partial charge in [-0.3, -0.25) is 4.79 Å².